The van der Waals surface area contributed by atoms with Crippen molar-refractivity contribution in [3.05, 3.63) is 16.3 Å². The number of thiophene rings is 1. The van der Waals surface area contributed by atoms with E-state index in [1.165, 1.54) is 11.3 Å². The highest BCUT2D eigenvalue weighted by molar-refractivity contribution is 7.12. The first-order chi connectivity index (χ1) is 7.07. The van der Waals surface area contributed by atoms with Crippen LogP contribution in [0.1, 0.15) is 16.6 Å². The van der Waals surface area contributed by atoms with Gasteiger partial charge in [-0.2, -0.15) is 0 Å². The largest absolute Gasteiger partial charge is 0.397 e. The maximum absolute atomic E-state index is 11.9. The number of amides is 1. The van der Waals surface area contributed by atoms with Gasteiger partial charge in [0, 0.05) is 14.2 Å². The van der Waals surface area contributed by atoms with Crippen LogP contribution in [0.25, 0.3) is 0 Å². The van der Waals surface area contributed by atoms with E-state index in [2.05, 4.69) is 0 Å². The smallest absolute Gasteiger partial charge is 0.266 e. The summed E-state index contributed by atoms with van der Waals surface area (Å²) in [6.07, 6.45) is 0. The molecule has 0 aliphatic rings. The van der Waals surface area contributed by atoms with Gasteiger partial charge in [-0.05, 0) is 18.4 Å². The molecule has 4 nitrogen and oxygen atoms in total. The van der Waals surface area contributed by atoms with E-state index >= 15 is 0 Å². The number of ether oxygens (including phenoxy) is 1. The molecule has 1 aromatic rings. The van der Waals surface area contributed by atoms with E-state index in [9.17, 15) is 4.79 Å². The normalized spacial score (nSPS) is 12.5. The van der Waals surface area contributed by atoms with Crippen molar-refractivity contribution in [2.75, 3.05) is 26.5 Å². The Morgan fingerprint density at radius 1 is 1.73 bits per heavy atom. The minimum Gasteiger partial charge on any atom is -0.397 e. The van der Waals surface area contributed by atoms with Gasteiger partial charge in [-0.1, -0.05) is 0 Å². The molecule has 0 spiro atoms. The Labute approximate surface area is 93.6 Å². The SMILES string of the molecule is COCC(C)N(C)C(=O)c1sccc1N. The molecule has 0 radical (unpaired) electrons. The Bertz CT molecular complexity index is 338. The fourth-order valence-corrected chi connectivity index (χ4v) is 2.01. The molecule has 1 atom stereocenters. The van der Waals surface area contributed by atoms with Crippen molar-refractivity contribution < 1.29 is 9.53 Å². The van der Waals surface area contributed by atoms with Gasteiger partial charge in [-0.3, -0.25) is 4.79 Å². The summed E-state index contributed by atoms with van der Waals surface area (Å²) in [6, 6.07) is 1.79. The lowest BCUT2D eigenvalue weighted by atomic mass is 10.3. The molecule has 84 valence electrons. The molecule has 1 rings (SSSR count). The van der Waals surface area contributed by atoms with Crippen LogP contribution in [0.15, 0.2) is 11.4 Å². The number of hydrogen-bond donors (Lipinski definition) is 1. The van der Waals surface area contributed by atoms with Crippen LogP contribution >= 0.6 is 11.3 Å². The molecule has 0 aliphatic carbocycles. The van der Waals surface area contributed by atoms with E-state index in [0.29, 0.717) is 17.2 Å². The summed E-state index contributed by atoms with van der Waals surface area (Å²) in [6.45, 7) is 2.46. The van der Waals surface area contributed by atoms with E-state index in [0.717, 1.165) is 0 Å². The highest BCUT2D eigenvalue weighted by Crippen LogP contribution is 2.21. The van der Waals surface area contributed by atoms with Gasteiger partial charge in [0.15, 0.2) is 0 Å². The Morgan fingerprint density at radius 3 is 2.87 bits per heavy atom. The van der Waals surface area contributed by atoms with Crippen LogP contribution in [0, 0.1) is 0 Å². The van der Waals surface area contributed by atoms with Crippen molar-refractivity contribution in [1.82, 2.24) is 4.90 Å². The summed E-state index contributed by atoms with van der Waals surface area (Å²) in [5, 5.41) is 1.82. The first-order valence-electron chi connectivity index (χ1n) is 4.67. The Hall–Kier alpha value is -1.07. The van der Waals surface area contributed by atoms with Crippen molar-refractivity contribution in [3.63, 3.8) is 0 Å². The molecule has 1 unspecified atom stereocenters. The molecule has 15 heavy (non-hydrogen) atoms. The van der Waals surface area contributed by atoms with E-state index in [4.69, 9.17) is 10.5 Å². The third kappa shape index (κ3) is 2.70. The van der Waals surface area contributed by atoms with Crippen LogP contribution in [0.4, 0.5) is 5.69 Å². The second-order valence-corrected chi connectivity index (χ2v) is 4.34. The predicted octanol–water partition coefficient (Wildman–Crippen LogP) is 1.44. The Balaban J connectivity index is 2.73. The topological polar surface area (TPSA) is 55.6 Å². The van der Waals surface area contributed by atoms with E-state index in [1.807, 2.05) is 12.3 Å². The lowest BCUT2D eigenvalue weighted by molar-refractivity contribution is 0.0639. The molecular weight excluding hydrogens is 212 g/mol. The minimum absolute atomic E-state index is 0.0454. The maximum atomic E-state index is 11.9. The summed E-state index contributed by atoms with van der Waals surface area (Å²) in [4.78, 5) is 14.2. The highest BCUT2D eigenvalue weighted by atomic mass is 32.1. The molecule has 0 saturated carbocycles. The molecule has 2 N–H and O–H groups in total. The predicted molar refractivity (Wildman–Crippen MR) is 62.2 cm³/mol. The van der Waals surface area contributed by atoms with Crippen LogP contribution < -0.4 is 5.73 Å². The van der Waals surface area contributed by atoms with Crippen LogP contribution in [-0.4, -0.2) is 37.6 Å². The Morgan fingerprint density at radius 2 is 2.40 bits per heavy atom. The second kappa shape index (κ2) is 5.14. The number of methoxy groups -OCH3 is 1. The second-order valence-electron chi connectivity index (χ2n) is 3.43. The third-order valence-corrected chi connectivity index (χ3v) is 3.20. The molecule has 0 saturated heterocycles. The lowest BCUT2D eigenvalue weighted by Crippen LogP contribution is -2.37. The quantitative estimate of drug-likeness (QED) is 0.848. The van der Waals surface area contributed by atoms with Crippen LogP contribution in [0.2, 0.25) is 0 Å². The number of nitrogen functional groups attached to an aromatic ring is 1. The molecule has 0 aromatic carbocycles. The first-order valence-corrected chi connectivity index (χ1v) is 5.55. The molecule has 5 heteroatoms. The average molecular weight is 228 g/mol. The molecular formula is C10H16N2O2S. The van der Waals surface area contributed by atoms with Gasteiger partial charge in [0.05, 0.1) is 18.3 Å². The number of carbonyl (C=O) groups excluding carboxylic acids is 1. The molecule has 0 fully saturated rings. The van der Waals surface area contributed by atoms with Gasteiger partial charge < -0.3 is 15.4 Å². The zero-order valence-corrected chi connectivity index (χ0v) is 10.0. The number of nitrogens with two attached hydrogens (primary N) is 1. The standard InChI is InChI=1S/C10H16N2O2S/c1-7(6-14-3)12(2)10(13)9-8(11)4-5-15-9/h4-5,7H,6,11H2,1-3H3. The fourth-order valence-electron chi connectivity index (χ4n) is 1.21. The molecule has 0 bridgehead atoms. The van der Waals surface area contributed by atoms with Crippen molar-refractivity contribution >= 4 is 22.9 Å². The van der Waals surface area contributed by atoms with Crippen molar-refractivity contribution in [2.45, 2.75) is 13.0 Å². The molecule has 1 amide bonds. The van der Waals surface area contributed by atoms with Crippen molar-refractivity contribution in [1.29, 1.82) is 0 Å². The number of rotatable bonds is 4. The average Bonchev–Trinajstić information content (AvgIpc) is 2.62. The minimum atomic E-state index is -0.0490. The third-order valence-electron chi connectivity index (χ3n) is 2.28. The summed E-state index contributed by atoms with van der Waals surface area (Å²) >= 11 is 1.36. The summed E-state index contributed by atoms with van der Waals surface area (Å²) in [5.41, 5.74) is 6.23. The number of carbonyl (C=O) groups is 1. The number of nitrogens with zero attached hydrogens (tertiary/aromatic N) is 1. The van der Waals surface area contributed by atoms with Crippen molar-refractivity contribution in [2.24, 2.45) is 0 Å². The van der Waals surface area contributed by atoms with Crippen LogP contribution in [0.5, 0.6) is 0 Å². The van der Waals surface area contributed by atoms with E-state index in [-0.39, 0.29) is 11.9 Å². The molecule has 0 aliphatic heterocycles. The van der Waals surface area contributed by atoms with Crippen molar-refractivity contribution in [3.8, 4) is 0 Å². The van der Waals surface area contributed by atoms with Gasteiger partial charge >= 0.3 is 0 Å². The fraction of sp³-hybridized carbons (Fsp3) is 0.500. The number of hydrogen-bond acceptors (Lipinski definition) is 4. The highest BCUT2D eigenvalue weighted by Gasteiger charge is 2.20. The number of anilines is 1. The van der Waals surface area contributed by atoms with E-state index in [1.54, 1.807) is 25.1 Å². The van der Waals surface area contributed by atoms with Gasteiger partial charge in [0.1, 0.15) is 4.88 Å². The van der Waals surface area contributed by atoms with Gasteiger partial charge in [0.25, 0.3) is 5.91 Å². The van der Waals surface area contributed by atoms with Gasteiger partial charge in [-0.25, -0.2) is 0 Å². The van der Waals surface area contributed by atoms with Crippen LogP contribution in [-0.2, 0) is 4.74 Å². The number of likely N-dealkylation sites (N-methyl/N-ethyl adjacent to an activating group) is 1. The summed E-state index contributed by atoms with van der Waals surface area (Å²) in [7, 11) is 3.37. The zero-order valence-electron chi connectivity index (χ0n) is 9.19. The summed E-state index contributed by atoms with van der Waals surface area (Å²) < 4.78 is 5.00. The Kier molecular flexibility index (Phi) is 4.11. The van der Waals surface area contributed by atoms with Gasteiger partial charge in [-0.15, -0.1) is 11.3 Å². The molecule has 1 heterocycles. The monoisotopic (exact) mass is 228 g/mol. The summed E-state index contributed by atoms with van der Waals surface area (Å²) in [5.74, 6) is -0.0490. The zero-order chi connectivity index (χ0) is 11.4. The first kappa shape index (κ1) is 12.0. The molecule has 1 aromatic heterocycles. The maximum Gasteiger partial charge on any atom is 0.266 e. The van der Waals surface area contributed by atoms with Gasteiger partial charge in [0.2, 0.25) is 0 Å². The lowest BCUT2D eigenvalue weighted by Gasteiger charge is -2.23. The van der Waals surface area contributed by atoms with E-state index < -0.39 is 0 Å². The van der Waals surface area contributed by atoms with Crippen LogP contribution in [0.3, 0.4) is 0 Å².